The first kappa shape index (κ1) is 52.3. The minimum Gasteiger partial charge on any atom is -0.458 e. The Hall–Kier alpha value is -7.38. The number of para-hydroxylation sites is 2. The summed E-state index contributed by atoms with van der Waals surface area (Å²) in [6.07, 6.45) is 1.82. The first-order valence-corrected chi connectivity index (χ1v) is 27.4. The molecule has 0 aliphatic carbocycles. The molecule has 0 atom stereocenters. The fourth-order valence-corrected chi connectivity index (χ4v) is 12.3. The number of rotatable bonds is 2. The van der Waals surface area contributed by atoms with E-state index in [9.17, 15) is 4.39 Å². The third-order valence-corrected chi connectivity index (χ3v) is 17.0. The maximum absolute atomic E-state index is 12.7. The molecule has 3 aromatic heterocycles. The van der Waals surface area contributed by atoms with Gasteiger partial charge in [0.15, 0.2) is 0 Å². The number of fused-ring (bicyclic) bond motifs is 14. The molecule has 3 aliphatic rings. The molecule has 79 heavy (non-hydrogen) atoms. The minimum atomic E-state index is -0.275. The number of imidazole rings is 1. The van der Waals surface area contributed by atoms with Gasteiger partial charge in [-0.25, -0.2) is 0 Å². The molecule has 0 unspecified atom stereocenters. The van der Waals surface area contributed by atoms with Crippen LogP contribution in [0.15, 0.2) is 152 Å². The van der Waals surface area contributed by atoms with E-state index in [-0.39, 0.29) is 54.3 Å². The molecule has 0 N–H and O–H groups in total. The van der Waals surface area contributed by atoms with Gasteiger partial charge in [0, 0.05) is 54.4 Å². The summed E-state index contributed by atoms with van der Waals surface area (Å²) in [4.78, 5) is 12.1. The average Bonchev–Trinajstić information content (AvgIpc) is 3.85. The van der Waals surface area contributed by atoms with Gasteiger partial charge in [-0.3, -0.25) is 9.37 Å². The molecule has 5 nitrogen and oxygen atoms in total. The van der Waals surface area contributed by atoms with Crippen LogP contribution in [-0.4, -0.2) is 21.1 Å². The summed E-state index contributed by atoms with van der Waals surface area (Å²) in [6, 6.07) is 58.5. The van der Waals surface area contributed by atoms with Gasteiger partial charge in [-0.15, -0.1) is 59.5 Å². The number of aromatic nitrogens is 3. The molecule has 6 heterocycles. The first-order valence-electron chi connectivity index (χ1n) is 27.4. The van der Waals surface area contributed by atoms with Crippen molar-refractivity contribution in [2.45, 2.75) is 112 Å². The van der Waals surface area contributed by atoms with Crippen molar-refractivity contribution in [1.82, 2.24) is 14.4 Å². The molecule has 0 saturated carbocycles. The Kier molecular flexibility index (Phi) is 12.1. The van der Waals surface area contributed by atoms with Crippen molar-refractivity contribution in [3.63, 3.8) is 0 Å². The third kappa shape index (κ3) is 8.43. The van der Waals surface area contributed by atoms with Gasteiger partial charge in [0.05, 0.1) is 22.4 Å². The molecule has 0 amide bonds. The summed E-state index contributed by atoms with van der Waals surface area (Å²) >= 11 is 0. The second-order valence-corrected chi connectivity index (χ2v) is 25.6. The minimum absolute atomic E-state index is 0. The van der Waals surface area contributed by atoms with Crippen molar-refractivity contribution in [1.29, 1.82) is 0 Å². The molecule has 11 aromatic rings. The second kappa shape index (κ2) is 18.3. The smallest absolute Gasteiger partial charge is 0.256 e. The molecule has 0 saturated heterocycles. The van der Waals surface area contributed by atoms with Gasteiger partial charge in [0.1, 0.15) is 11.5 Å². The largest absolute Gasteiger partial charge is 0.458 e. The maximum Gasteiger partial charge on any atom is 0.256 e. The van der Waals surface area contributed by atoms with Gasteiger partial charge < -0.3 is 19.0 Å². The van der Waals surface area contributed by atoms with Gasteiger partial charge in [0.25, 0.3) is 6.71 Å². The van der Waals surface area contributed by atoms with E-state index in [2.05, 4.69) is 218 Å². The number of hydrogen-bond acceptors (Lipinski definition) is 4. The first-order chi connectivity index (χ1) is 37.0. The fourth-order valence-electron chi connectivity index (χ4n) is 12.3. The summed E-state index contributed by atoms with van der Waals surface area (Å²) in [7, 11) is 0. The van der Waals surface area contributed by atoms with Crippen molar-refractivity contribution >= 4 is 78.5 Å². The van der Waals surface area contributed by atoms with Crippen LogP contribution in [0, 0.1) is 31.8 Å². The predicted molar refractivity (Wildman–Crippen MR) is 324 cm³/mol. The van der Waals surface area contributed by atoms with Crippen LogP contribution in [0.5, 0.6) is 11.5 Å². The number of hydrogen-bond donors (Lipinski definition) is 0. The van der Waals surface area contributed by atoms with Crippen LogP contribution in [0.2, 0.25) is 0 Å². The molecule has 1 radical (unpaired) electrons. The van der Waals surface area contributed by atoms with Crippen molar-refractivity contribution in [2.24, 2.45) is 0 Å². The molecular weight excluding hydrogens is 1150 g/mol. The van der Waals surface area contributed by atoms with Crippen LogP contribution in [-0.2, 0) is 41.8 Å². The van der Waals surface area contributed by atoms with Crippen LogP contribution >= 0.6 is 0 Å². The van der Waals surface area contributed by atoms with Gasteiger partial charge in [0.2, 0.25) is 0 Å². The monoisotopic (exact) mass is 1210 g/mol. The Bertz CT molecular complexity index is 4330. The van der Waals surface area contributed by atoms with E-state index in [0.29, 0.717) is 0 Å². The predicted octanol–water partition coefficient (Wildman–Crippen LogP) is 16.5. The Morgan fingerprint density at radius 3 is 2.06 bits per heavy atom. The van der Waals surface area contributed by atoms with Gasteiger partial charge >= 0.3 is 0 Å². The fraction of sp³-hybridized carbons (Fsp3) is 0.239. The molecule has 8 heteroatoms. The zero-order valence-electron chi connectivity index (χ0n) is 47.4. The van der Waals surface area contributed by atoms with Gasteiger partial charge in [-0.1, -0.05) is 154 Å². The number of anilines is 3. The van der Waals surface area contributed by atoms with Crippen LogP contribution in [0.1, 0.15) is 115 Å². The normalized spacial score (nSPS) is 14.0. The summed E-state index contributed by atoms with van der Waals surface area (Å²) in [5, 5.41) is 3.36. The SMILES string of the molecule is CC(C)(C)c1ccc2c(c1)B1c3cc(C(C)(C)C)cc4c3N(c3ccc(C(C)(C)C)cc3C4(C)C)c3cc(-c4ccc5c6ccc[c-]c6c6nc7ccccc7n6c5c4)cc(c31)O2.Cc1cnc(-c2[c-]cc(F)cc2)cc1C.[Ir]. The average molecular weight is 1210 g/mol. The summed E-state index contributed by atoms with van der Waals surface area (Å²) < 4.78 is 22.2. The quantitative estimate of drug-likeness (QED) is 0.0983. The van der Waals surface area contributed by atoms with Crippen molar-refractivity contribution in [3.8, 4) is 33.9 Å². The number of ether oxygens (including phenoxy) is 1. The van der Waals surface area contributed by atoms with E-state index >= 15 is 0 Å². The topological polar surface area (TPSA) is 42.7 Å². The van der Waals surface area contributed by atoms with Gasteiger partial charge in [-0.2, -0.15) is 0 Å². The van der Waals surface area contributed by atoms with E-state index in [1.807, 2.05) is 32.2 Å². The number of benzene rings is 8. The molecule has 14 rings (SSSR count). The molecular formula is C71H64BFIrN4O-2. The van der Waals surface area contributed by atoms with E-state index < -0.39 is 0 Å². The van der Waals surface area contributed by atoms with Crippen LogP contribution in [0.4, 0.5) is 21.5 Å². The Labute approximate surface area is 478 Å². The number of aryl methyl sites for hydroxylation is 2. The molecule has 0 fully saturated rings. The van der Waals surface area contributed by atoms with E-state index in [4.69, 9.17) is 9.72 Å². The summed E-state index contributed by atoms with van der Waals surface area (Å²) in [5.74, 6) is 1.58. The number of pyridine rings is 2. The molecule has 0 spiro atoms. The maximum atomic E-state index is 12.7. The molecule has 395 valence electrons. The molecule has 0 bridgehead atoms. The Balaban J connectivity index is 0.000000337. The zero-order chi connectivity index (χ0) is 54.5. The van der Waals surface area contributed by atoms with E-state index in [1.54, 1.807) is 6.07 Å². The summed E-state index contributed by atoms with van der Waals surface area (Å²) in [6.45, 7) is 29.9. The Morgan fingerprint density at radius 2 is 1.33 bits per heavy atom. The van der Waals surface area contributed by atoms with Crippen molar-refractivity contribution in [2.75, 3.05) is 4.90 Å². The van der Waals surface area contributed by atoms with Gasteiger partial charge in [-0.05, 0) is 145 Å². The zero-order valence-corrected chi connectivity index (χ0v) is 49.8. The van der Waals surface area contributed by atoms with Crippen molar-refractivity contribution < 1.29 is 29.2 Å². The van der Waals surface area contributed by atoms with Crippen molar-refractivity contribution in [3.05, 3.63) is 209 Å². The summed E-state index contributed by atoms with van der Waals surface area (Å²) in [5.41, 5.74) is 24.3. The third-order valence-electron chi connectivity index (χ3n) is 17.0. The molecule has 3 aliphatic heterocycles. The van der Waals surface area contributed by atoms with E-state index in [0.717, 1.165) is 72.4 Å². The van der Waals surface area contributed by atoms with E-state index in [1.165, 1.54) is 84.4 Å². The van der Waals surface area contributed by atoms with Crippen LogP contribution in [0.3, 0.4) is 0 Å². The molecule has 8 aromatic carbocycles. The standard InChI is InChI=1S/C58H53BN3O.C13H11FN.Ir/c1-55(2,3)35-21-24-46-41(29-35)58(10,11)42-30-37(57(7,8)9)32-44-53(42)61(46)49-27-34(28-51-52(49)59(44)43-31-36(56(4,5)6)22-25-50(43)63-51)33-20-23-39-38-16-12-13-17-40(38)54-60-45-18-14-15-19-47(45)62(54)48(39)26-33;1-9-7-13(15-8-10(9)2)11-3-5-12(14)6-4-11;/h12-16,18-32H,1-11H3;3,5-8H,1-2H3;/q2*-1;. The second-order valence-electron chi connectivity index (χ2n) is 25.6. The van der Waals surface area contributed by atoms with Crippen LogP contribution < -0.4 is 26.0 Å². The number of nitrogens with zero attached hydrogens (tertiary/aromatic N) is 4. The Morgan fingerprint density at radius 1 is 0.608 bits per heavy atom. The number of halogens is 1. The van der Waals surface area contributed by atoms with Crippen LogP contribution in [0.25, 0.3) is 60.7 Å².